The summed E-state index contributed by atoms with van der Waals surface area (Å²) in [6.07, 6.45) is 4.33. The molecule has 0 saturated carbocycles. The first-order chi connectivity index (χ1) is 6.74. The van der Waals surface area contributed by atoms with Crippen molar-refractivity contribution in [2.45, 2.75) is 12.5 Å². The Kier molecular flexibility index (Phi) is 4.62. The molecule has 0 radical (unpaired) electrons. The van der Waals surface area contributed by atoms with Crippen LogP contribution in [0.3, 0.4) is 0 Å². The van der Waals surface area contributed by atoms with E-state index in [0.29, 0.717) is 6.04 Å². The van der Waals surface area contributed by atoms with Crippen LogP contribution in [0, 0.1) is 0 Å². The van der Waals surface area contributed by atoms with Crippen LogP contribution in [0.1, 0.15) is 6.42 Å². The van der Waals surface area contributed by atoms with Crippen LogP contribution < -0.4 is 0 Å². The quantitative estimate of drug-likeness (QED) is 0.486. The van der Waals surface area contributed by atoms with Gasteiger partial charge < -0.3 is 9.47 Å². The van der Waals surface area contributed by atoms with Gasteiger partial charge in [0.25, 0.3) is 0 Å². The van der Waals surface area contributed by atoms with Crippen molar-refractivity contribution in [2.75, 3.05) is 33.9 Å². The maximum atomic E-state index is 10.8. The highest BCUT2D eigenvalue weighted by molar-refractivity contribution is 5.81. The summed E-state index contributed by atoms with van der Waals surface area (Å²) in [5.41, 5.74) is 0. The van der Waals surface area contributed by atoms with Crippen LogP contribution >= 0.6 is 0 Å². The fourth-order valence-corrected chi connectivity index (χ4v) is 1.40. The number of likely N-dealkylation sites (N-methyl/N-ethyl adjacent to an activating group) is 1. The summed E-state index contributed by atoms with van der Waals surface area (Å²) < 4.78 is 9.76. The highest BCUT2D eigenvalue weighted by atomic mass is 16.5. The van der Waals surface area contributed by atoms with Gasteiger partial charge in [0.15, 0.2) is 0 Å². The maximum Gasteiger partial charge on any atom is 0.330 e. The molecule has 0 aromatic rings. The number of ether oxygens (including phenoxy) is 2. The van der Waals surface area contributed by atoms with Crippen molar-refractivity contribution in [3.63, 3.8) is 0 Å². The molecule has 0 spiro atoms. The van der Waals surface area contributed by atoms with Crippen LogP contribution in [0.15, 0.2) is 12.2 Å². The topological polar surface area (TPSA) is 38.8 Å². The third-order valence-electron chi connectivity index (χ3n) is 2.38. The van der Waals surface area contributed by atoms with E-state index < -0.39 is 0 Å². The third-order valence-corrected chi connectivity index (χ3v) is 2.38. The van der Waals surface area contributed by atoms with Gasteiger partial charge in [-0.05, 0) is 13.5 Å². The average Bonchev–Trinajstić information content (AvgIpc) is 2.70. The molecule has 0 aromatic carbocycles. The largest absolute Gasteiger partial charge is 0.466 e. The van der Waals surface area contributed by atoms with Gasteiger partial charge in [-0.2, -0.15) is 0 Å². The van der Waals surface area contributed by atoms with Crippen molar-refractivity contribution in [1.82, 2.24) is 4.90 Å². The minimum Gasteiger partial charge on any atom is -0.466 e. The van der Waals surface area contributed by atoms with E-state index in [9.17, 15) is 4.79 Å². The first kappa shape index (κ1) is 11.2. The van der Waals surface area contributed by atoms with Gasteiger partial charge in [-0.15, -0.1) is 0 Å². The number of carbonyl (C=O) groups is 1. The van der Waals surface area contributed by atoms with Crippen LogP contribution in [0.4, 0.5) is 0 Å². The molecule has 14 heavy (non-hydrogen) atoms. The normalized spacial score (nSPS) is 22.1. The summed E-state index contributed by atoms with van der Waals surface area (Å²) in [7, 11) is 3.40. The van der Waals surface area contributed by atoms with E-state index in [4.69, 9.17) is 4.74 Å². The number of rotatable bonds is 4. The Morgan fingerprint density at radius 3 is 3.07 bits per heavy atom. The second-order valence-electron chi connectivity index (χ2n) is 3.38. The van der Waals surface area contributed by atoms with Gasteiger partial charge in [-0.25, -0.2) is 4.79 Å². The predicted molar refractivity (Wildman–Crippen MR) is 53.0 cm³/mol. The molecule has 1 heterocycles. The zero-order valence-electron chi connectivity index (χ0n) is 8.73. The van der Waals surface area contributed by atoms with Crippen LogP contribution in [0.5, 0.6) is 0 Å². The lowest BCUT2D eigenvalue weighted by Crippen LogP contribution is -2.32. The van der Waals surface area contributed by atoms with Gasteiger partial charge >= 0.3 is 5.97 Å². The van der Waals surface area contributed by atoms with Crippen LogP contribution in [0.2, 0.25) is 0 Å². The Balaban J connectivity index is 2.22. The van der Waals surface area contributed by atoms with E-state index in [-0.39, 0.29) is 5.97 Å². The molecule has 1 aliphatic rings. The average molecular weight is 199 g/mol. The summed E-state index contributed by atoms with van der Waals surface area (Å²) in [6.45, 7) is 2.39. The highest BCUT2D eigenvalue weighted by Gasteiger charge is 2.18. The van der Waals surface area contributed by atoms with Crippen LogP contribution in [-0.2, 0) is 14.3 Å². The van der Waals surface area contributed by atoms with Gasteiger partial charge in [-0.3, -0.25) is 4.90 Å². The minimum absolute atomic E-state index is 0.305. The lowest BCUT2D eigenvalue weighted by molar-refractivity contribution is -0.134. The SMILES string of the molecule is COC(=O)/C=C/CN(C)C1CCOC1. The van der Waals surface area contributed by atoms with Crippen molar-refractivity contribution in [3.05, 3.63) is 12.2 Å². The zero-order valence-corrected chi connectivity index (χ0v) is 8.73. The van der Waals surface area contributed by atoms with Crippen molar-refractivity contribution >= 4 is 5.97 Å². The first-order valence-corrected chi connectivity index (χ1v) is 4.76. The molecule has 0 bridgehead atoms. The first-order valence-electron chi connectivity index (χ1n) is 4.76. The summed E-state index contributed by atoms with van der Waals surface area (Å²) in [5, 5.41) is 0. The van der Waals surface area contributed by atoms with E-state index >= 15 is 0 Å². The fraction of sp³-hybridized carbons (Fsp3) is 0.700. The molecule has 0 aromatic heterocycles. The number of hydrogen-bond donors (Lipinski definition) is 0. The Morgan fingerprint density at radius 1 is 1.71 bits per heavy atom. The van der Waals surface area contributed by atoms with Gasteiger partial charge in [0.1, 0.15) is 0 Å². The zero-order chi connectivity index (χ0) is 10.4. The predicted octanol–water partition coefficient (Wildman–Crippen LogP) is 0.436. The Labute approximate surface area is 84.5 Å². The minimum atomic E-state index is -0.305. The summed E-state index contributed by atoms with van der Waals surface area (Å²) >= 11 is 0. The molecule has 1 aliphatic heterocycles. The molecular formula is C10H17NO3. The monoisotopic (exact) mass is 199 g/mol. The molecule has 0 N–H and O–H groups in total. The fourth-order valence-electron chi connectivity index (χ4n) is 1.40. The van der Waals surface area contributed by atoms with Crippen molar-refractivity contribution in [2.24, 2.45) is 0 Å². The Morgan fingerprint density at radius 2 is 2.50 bits per heavy atom. The van der Waals surface area contributed by atoms with Crippen LogP contribution in [0.25, 0.3) is 0 Å². The molecule has 1 unspecified atom stereocenters. The second kappa shape index (κ2) is 5.78. The van der Waals surface area contributed by atoms with E-state index in [0.717, 1.165) is 26.2 Å². The molecule has 1 fully saturated rings. The van der Waals surface area contributed by atoms with Crippen molar-refractivity contribution < 1.29 is 14.3 Å². The number of esters is 1. The number of methoxy groups -OCH3 is 1. The smallest absolute Gasteiger partial charge is 0.330 e. The Bertz CT molecular complexity index is 209. The molecule has 4 nitrogen and oxygen atoms in total. The van der Waals surface area contributed by atoms with Gasteiger partial charge in [0, 0.05) is 25.3 Å². The molecule has 1 atom stereocenters. The molecule has 0 amide bonds. The summed E-state index contributed by atoms with van der Waals surface area (Å²) in [6, 6.07) is 0.484. The van der Waals surface area contributed by atoms with Gasteiger partial charge in [0.05, 0.1) is 13.7 Å². The maximum absolute atomic E-state index is 10.8. The van der Waals surface area contributed by atoms with E-state index in [1.54, 1.807) is 0 Å². The van der Waals surface area contributed by atoms with Crippen molar-refractivity contribution in [3.8, 4) is 0 Å². The van der Waals surface area contributed by atoms with E-state index in [2.05, 4.69) is 9.64 Å². The summed E-state index contributed by atoms with van der Waals surface area (Å²) in [4.78, 5) is 12.9. The molecule has 0 aliphatic carbocycles. The third kappa shape index (κ3) is 3.47. The lowest BCUT2D eigenvalue weighted by Gasteiger charge is -2.20. The van der Waals surface area contributed by atoms with Crippen molar-refractivity contribution in [1.29, 1.82) is 0 Å². The Hall–Kier alpha value is -0.870. The number of nitrogens with zero attached hydrogens (tertiary/aromatic N) is 1. The standard InChI is InChI=1S/C10H17NO3/c1-11(9-5-7-14-8-9)6-3-4-10(12)13-2/h3-4,9H,5-8H2,1-2H3/b4-3+. The summed E-state index contributed by atoms with van der Waals surface area (Å²) in [5.74, 6) is -0.305. The highest BCUT2D eigenvalue weighted by Crippen LogP contribution is 2.09. The number of hydrogen-bond acceptors (Lipinski definition) is 4. The van der Waals surface area contributed by atoms with Gasteiger partial charge in [-0.1, -0.05) is 6.08 Å². The van der Waals surface area contributed by atoms with Gasteiger partial charge in [0.2, 0.25) is 0 Å². The molecule has 4 heteroatoms. The second-order valence-corrected chi connectivity index (χ2v) is 3.38. The van der Waals surface area contributed by atoms with E-state index in [1.807, 2.05) is 13.1 Å². The van der Waals surface area contributed by atoms with Crippen LogP contribution in [-0.4, -0.2) is 50.8 Å². The lowest BCUT2D eigenvalue weighted by atomic mass is 10.2. The number of carbonyl (C=O) groups excluding carboxylic acids is 1. The molecule has 80 valence electrons. The van der Waals surface area contributed by atoms with E-state index in [1.165, 1.54) is 13.2 Å². The molecule has 1 saturated heterocycles. The molecular weight excluding hydrogens is 182 g/mol. The molecule has 1 rings (SSSR count).